The molecule has 0 unspecified atom stereocenters. The number of thioether (sulfide) groups is 1. The number of amides is 2. The minimum Gasteiger partial charge on any atom is -0.352 e. The molecule has 6 nitrogen and oxygen atoms in total. The minimum atomic E-state index is -0.240. The number of anilines is 1. The summed E-state index contributed by atoms with van der Waals surface area (Å²) in [6, 6.07) is 4.78. The lowest BCUT2D eigenvalue weighted by molar-refractivity contribution is -0.113. The van der Waals surface area contributed by atoms with Crippen LogP contribution in [0.5, 0.6) is 0 Å². The molecule has 0 aliphatic carbocycles. The van der Waals surface area contributed by atoms with Crippen LogP contribution >= 0.6 is 34.7 Å². The van der Waals surface area contributed by atoms with Crippen LogP contribution in [0, 0.1) is 0 Å². The van der Waals surface area contributed by atoms with Crippen molar-refractivity contribution in [2.75, 3.05) is 17.6 Å². The van der Waals surface area contributed by atoms with Crippen LogP contribution in [0.15, 0.2) is 28.0 Å². The lowest BCUT2D eigenvalue weighted by Crippen LogP contribution is -2.26. The highest BCUT2D eigenvalue weighted by Gasteiger charge is 2.14. The van der Waals surface area contributed by atoms with Crippen molar-refractivity contribution in [3.05, 3.63) is 34.3 Å². The number of benzene rings is 1. The largest absolute Gasteiger partial charge is 0.352 e. The molecule has 2 N–H and O–H groups in total. The molecule has 0 bridgehead atoms. The normalized spacial score (nSPS) is 10.3. The van der Waals surface area contributed by atoms with Gasteiger partial charge >= 0.3 is 0 Å². The molecule has 0 saturated carbocycles. The van der Waals surface area contributed by atoms with Crippen LogP contribution in [-0.2, 0) is 4.79 Å². The van der Waals surface area contributed by atoms with E-state index in [9.17, 15) is 9.59 Å². The highest BCUT2D eigenvalue weighted by Crippen LogP contribution is 2.23. The van der Waals surface area contributed by atoms with E-state index >= 15 is 0 Å². The first kappa shape index (κ1) is 17.7. The maximum atomic E-state index is 12.1. The van der Waals surface area contributed by atoms with Crippen molar-refractivity contribution in [2.24, 2.45) is 0 Å². The summed E-state index contributed by atoms with van der Waals surface area (Å²) in [6.07, 6.45) is 0.833. The van der Waals surface area contributed by atoms with Gasteiger partial charge in [-0.15, -0.1) is 10.2 Å². The summed E-state index contributed by atoms with van der Waals surface area (Å²) < 4.78 is 0.715. The average molecular weight is 371 g/mol. The van der Waals surface area contributed by atoms with Crippen molar-refractivity contribution in [1.82, 2.24) is 15.5 Å². The predicted octanol–water partition coefficient (Wildman–Crippen LogP) is 3.06. The second kappa shape index (κ2) is 8.85. The number of hydrogen-bond donors (Lipinski definition) is 2. The van der Waals surface area contributed by atoms with Gasteiger partial charge in [0.05, 0.1) is 17.0 Å². The van der Waals surface area contributed by atoms with Crippen LogP contribution in [0.25, 0.3) is 0 Å². The summed E-state index contributed by atoms with van der Waals surface area (Å²) in [4.78, 5) is 24.2. The van der Waals surface area contributed by atoms with Crippen LogP contribution in [-0.4, -0.2) is 34.3 Å². The summed E-state index contributed by atoms with van der Waals surface area (Å²) in [6.45, 7) is 2.54. The molecule has 122 valence electrons. The van der Waals surface area contributed by atoms with E-state index in [1.165, 1.54) is 23.1 Å². The first-order valence-electron chi connectivity index (χ1n) is 6.86. The number of carbonyl (C=O) groups is 2. The van der Waals surface area contributed by atoms with Crippen molar-refractivity contribution in [1.29, 1.82) is 0 Å². The van der Waals surface area contributed by atoms with Gasteiger partial charge in [0.25, 0.3) is 5.91 Å². The molecule has 0 radical (unpaired) electrons. The molecule has 2 aromatic rings. The third kappa shape index (κ3) is 5.49. The average Bonchev–Trinajstić information content (AvgIpc) is 3.04. The van der Waals surface area contributed by atoms with Crippen molar-refractivity contribution >= 4 is 52.2 Å². The summed E-state index contributed by atoms with van der Waals surface area (Å²) in [5.41, 5.74) is 2.39. The van der Waals surface area contributed by atoms with Crippen LogP contribution in [0.1, 0.15) is 23.7 Å². The maximum absolute atomic E-state index is 12.1. The van der Waals surface area contributed by atoms with E-state index in [4.69, 9.17) is 11.6 Å². The third-order valence-electron chi connectivity index (χ3n) is 2.70. The fourth-order valence-corrected chi connectivity index (χ4v) is 3.15. The Morgan fingerprint density at radius 2 is 2.22 bits per heavy atom. The van der Waals surface area contributed by atoms with E-state index in [0.29, 0.717) is 27.2 Å². The highest BCUT2D eigenvalue weighted by molar-refractivity contribution is 8.01. The molecule has 1 aromatic carbocycles. The number of rotatable bonds is 7. The van der Waals surface area contributed by atoms with Gasteiger partial charge in [-0.2, -0.15) is 0 Å². The zero-order valence-corrected chi connectivity index (χ0v) is 14.7. The van der Waals surface area contributed by atoms with Crippen molar-refractivity contribution in [3.8, 4) is 0 Å². The van der Waals surface area contributed by atoms with Crippen LogP contribution in [0.2, 0.25) is 5.02 Å². The fourth-order valence-electron chi connectivity index (χ4n) is 1.69. The molecule has 0 spiro atoms. The van der Waals surface area contributed by atoms with Crippen LogP contribution in [0.3, 0.4) is 0 Å². The molecule has 2 rings (SSSR count). The molecule has 0 aliphatic rings. The first-order valence-corrected chi connectivity index (χ1v) is 9.11. The minimum absolute atomic E-state index is 0.178. The molecule has 9 heteroatoms. The van der Waals surface area contributed by atoms with Crippen molar-refractivity contribution < 1.29 is 9.59 Å². The van der Waals surface area contributed by atoms with Gasteiger partial charge in [0.1, 0.15) is 5.51 Å². The van der Waals surface area contributed by atoms with E-state index in [-0.39, 0.29) is 17.6 Å². The SMILES string of the molecule is CCCNC(=O)c1ccc(Cl)cc1NC(=O)CSc1nncs1. The standard InChI is InChI=1S/C14H15ClN4O2S2/c1-2-5-16-13(21)10-4-3-9(15)6-11(10)18-12(20)7-22-14-19-17-8-23-14/h3-4,6,8H,2,5,7H2,1H3,(H,16,21)(H,18,20). The Morgan fingerprint density at radius 1 is 1.39 bits per heavy atom. The molecule has 1 heterocycles. The Kier molecular flexibility index (Phi) is 6.82. The van der Waals surface area contributed by atoms with Gasteiger partial charge in [-0.1, -0.05) is 41.6 Å². The van der Waals surface area contributed by atoms with E-state index in [0.717, 1.165) is 6.42 Å². The van der Waals surface area contributed by atoms with Gasteiger partial charge in [0.2, 0.25) is 5.91 Å². The summed E-state index contributed by atoms with van der Waals surface area (Å²) in [5, 5.41) is 13.5. The Hall–Kier alpha value is -1.64. The van der Waals surface area contributed by atoms with Crippen molar-refractivity contribution in [3.63, 3.8) is 0 Å². The van der Waals surface area contributed by atoms with Gasteiger partial charge < -0.3 is 10.6 Å². The number of carbonyl (C=O) groups excluding carboxylic acids is 2. The summed E-state index contributed by atoms with van der Waals surface area (Å²) in [5.74, 6) is -0.301. The quantitative estimate of drug-likeness (QED) is 0.732. The third-order valence-corrected chi connectivity index (χ3v) is 4.80. The molecular formula is C14H15ClN4O2S2. The van der Waals surface area contributed by atoms with E-state index < -0.39 is 0 Å². The number of aromatic nitrogens is 2. The molecule has 2 amide bonds. The predicted molar refractivity (Wildman–Crippen MR) is 93.3 cm³/mol. The number of nitrogens with zero attached hydrogens (tertiary/aromatic N) is 2. The van der Waals surface area contributed by atoms with Gasteiger partial charge in [0, 0.05) is 11.6 Å². The second-order valence-electron chi connectivity index (χ2n) is 4.49. The van der Waals surface area contributed by atoms with Gasteiger partial charge in [0.15, 0.2) is 4.34 Å². The lowest BCUT2D eigenvalue weighted by Gasteiger charge is -2.11. The molecule has 0 saturated heterocycles. The van der Waals surface area contributed by atoms with Gasteiger partial charge in [-0.25, -0.2) is 0 Å². The fraction of sp³-hybridized carbons (Fsp3) is 0.286. The number of halogens is 1. The van der Waals surface area contributed by atoms with Gasteiger partial charge in [-0.05, 0) is 24.6 Å². The topological polar surface area (TPSA) is 84.0 Å². The van der Waals surface area contributed by atoms with Crippen LogP contribution < -0.4 is 10.6 Å². The molecule has 23 heavy (non-hydrogen) atoms. The first-order chi connectivity index (χ1) is 11.1. The lowest BCUT2D eigenvalue weighted by atomic mass is 10.1. The Bertz CT molecular complexity index is 679. The van der Waals surface area contributed by atoms with E-state index in [1.54, 1.807) is 23.7 Å². The Labute approximate surface area is 147 Å². The van der Waals surface area contributed by atoms with Gasteiger partial charge in [-0.3, -0.25) is 9.59 Å². The Morgan fingerprint density at radius 3 is 2.91 bits per heavy atom. The molecule has 0 fully saturated rings. The number of nitrogens with one attached hydrogen (secondary N) is 2. The second-order valence-corrected chi connectivity index (χ2v) is 6.98. The van der Waals surface area contributed by atoms with Crippen molar-refractivity contribution in [2.45, 2.75) is 17.7 Å². The van der Waals surface area contributed by atoms with E-state index in [1.807, 2.05) is 6.92 Å². The smallest absolute Gasteiger partial charge is 0.253 e. The molecular weight excluding hydrogens is 356 g/mol. The summed E-state index contributed by atoms with van der Waals surface area (Å²) >= 11 is 8.62. The van der Waals surface area contributed by atoms with E-state index in [2.05, 4.69) is 20.8 Å². The Balaban J connectivity index is 2.03. The zero-order valence-electron chi connectivity index (χ0n) is 12.3. The zero-order chi connectivity index (χ0) is 16.7. The molecule has 1 aromatic heterocycles. The molecule has 0 aliphatic heterocycles. The maximum Gasteiger partial charge on any atom is 0.253 e. The monoisotopic (exact) mass is 370 g/mol. The molecule has 0 atom stereocenters. The number of hydrogen-bond acceptors (Lipinski definition) is 6. The summed E-state index contributed by atoms with van der Waals surface area (Å²) in [7, 11) is 0. The highest BCUT2D eigenvalue weighted by atomic mass is 35.5. The van der Waals surface area contributed by atoms with Crippen LogP contribution in [0.4, 0.5) is 5.69 Å².